The van der Waals surface area contributed by atoms with Crippen LogP contribution in [0.1, 0.15) is 5.56 Å². The Morgan fingerprint density at radius 3 is 3.08 bits per heavy atom. The molecule has 0 unspecified atom stereocenters. The maximum absolute atomic E-state index is 11.1. The lowest BCUT2D eigenvalue weighted by atomic mass is 10.2. The summed E-state index contributed by atoms with van der Waals surface area (Å²) in [6.45, 7) is 1.60. The summed E-state index contributed by atoms with van der Waals surface area (Å²) in [4.78, 5) is 13.8. The number of H-pyrrole nitrogens is 1. The fourth-order valence-corrected chi connectivity index (χ4v) is 1.94. The summed E-state index contributed by atoms with van der Waals surface area (Å²) < 4.78 is 0.743. The van der Waals surface area contributed by atoms with Crippen LogP contribution in [0.3, 0.4) is 0 Å². The number of aromatic amines is 1. The Morgan fingerprint density at radius 2 is 2.33 bits per heavy atom. The van der Waals surface area contributed by atoms with Crippen LogP contribution in [0.4, 0.5) is 0 Å². The zero-order valence-electron chi connectivity index (χ0n) is 6.42. The molecule has 0 radical (unpaired) electrons. The number of nitrogens with one attached hydrogen (secondary N) is 1. The van der Waals surface area contributed by atoms with E-state index in [2.05, 4.69) is 4.98 Å². The van der Waals surface area contributed by atoms with Gasteiger partial charge in [-0.3, -0.25) is 4.79 Å². The van der Waals surface area contributed by atoms with Crippen LogP contribution in [0.5, 0.6) is 5.75 Å². The molecule has 62 valence electrons. The van der Waals surface area contributed by atoms with Crippen molar-refractivity contribution in [2.75, 3.05) is 0 Å². The van der Waals surface area contributed by atoms with Crippen LogP contribution < -0.4 is 5.56 Å². The molecule has 0 spiro atoms. The van der Waals surface area contributed by atoms with Gasteiger partial charge in [0.15, 0.2) is 0 Å². The van der Waals surface area contributed by atoms with Gasteiger partial charge in [-0.25, -0.2) is 0 Å². The first kappa shape index (κ1) is 7.36. The van der Waals surface area contributed by atoms with E-state index in [4.69, 9.17) is 0 Å². The lowest BCUT2D eigenvalue weighted by Gasteiger charge is -1.97. The minimum atomic E-state index is -0.224. The van der Waals surface area contributed by atoms with E-state index in [9.17, 15) is 9.90 Å². The van der Waals surface area contributed by atoms with E-state index in [1.54, 1.807) is 13.0 Å². The predicted molar refractivity (Wildman–Crippen MR) is 48.8 cm³/mol. The molecular formula is C8H7NO2S. The lowest BCUT2D eigenvalue weighted by molar-refractivity contribution is 0.477. The smallest absolute Gasteiger partial charge is 0.255 e. The Balaban J connectivity index is 3.04. The van der Waals surface area contributed by atoms with Gasteiger partial charge in [0, 0.05) is 0 Å². The molecule has 0 atom stereocenters. The standard InChI is InChI=1S/C8H7NO2S/c1-4-6(10)7-5(2-3-12-7)9-8(4)11/h2-3H,1H3,(H2,9,10,11). The average Bonchev–Trinajstić information content (AvgIpc) is 2.48. The van der Waals surface area contributed by atoms with Gasteiger partial charge in [0.05, 0.1) is 15.8 Å². The fourth-order valence-electron chi connectivity index (χ4n) is 1.08. The third-order valence-corrected chi connectivity index (χ3v) is 2.75. The molecule has 0 bridgehead atoms. The first-order chi connectivity index (χ1) is 5.70. The fraction of sp³-hybridized carbons (Fsp3) is 0.125. The van der Waals surface area contributed by atoms with E-state index >= 15 is 0 Å². The molecule has 2 N–H and O–H groups in total. The molecule has 2 heterocycles. The third kappa shape index (κ3) is 0.848. The monoisotopic (exact) mass is 181 g/mol. The molecule has 2 rings (SSSR count). The van der Waals surface area contributed by atoms with Crippen molar-refractivity contribution in [3.63, 3.8) is 0 Å². The number of aromatic nitrogens is 1. The van der Waals surface area contributed by atoms with Gasteiger partial charge in [-0.1, -0.05) is 0 Å². The Kier molecular flexibility index (Phi) is 1.44. The highest BCUT2D eigenvalue weighted by Gasteiger charge is 2.07. The Labute approximate surface area is 72.3 Å². The van der Waals surface area contributed by atoms with E-state index in [-0.39, 0.29) is 11.3 Å². The molecule has 3 nitrogen and oxygen atoms in total. The maximum atomic E-state index is 11.1. The second kappa shape index (κ2) is 2.35. The first-order valence-electron chi connectivity index (χ1n) is 3.49. The van der Waals surface area contributed by atoms with Gasteiger partial charge in [-0.15, -0.1) is 11.3 Å². The van der Waals surface area contributed by atoms with Gasteiger partial charge in [0.25, 0.3) is 5.56 Å². The van der Waals surface area contributed by atoms with E-state index in [0.717, 1.165) is 4.70 Å². The summed E-state index contributed by atoms with van der Waals surface area (Å²) in [5.41, 5.74) is 0.858. The zero-order chi connectivity index (χ0) is 8.72. The maximum Gasteiger partial charge on any atom is 0.255 e. The molecule has 0 aliphatic rings. The highest BCUT2D eigenvalue weighted by molar-refractivity contribution is 7.17. The lowest BCUT2D eigenvalue weighted by Crippen LogP contribution is -2.08. The minimum absolute atomic E-state index is 0.101. The molecule has 0 aliphatic heterocycles. The second-order valence-electron chi connectivity index (χ2n) is 2.59. The van der Waals surface area contributed by atoms with Crippen LogP contribution in [0.15, 0.2) is 16.2 Å². The van der Waals surface area contributed by atoms with Crippen LogP contribution in [0.25, 0.3) is 10.2 Å². The number of aromatic hydroxyl groups is 1. The van der Waals surface area contributed by atoms with Gasteiger partial charge >= 0.3 is 0 Å². The van der Waals surface area contributed by atoms with Crippen molar-refractivity contribution < 1.29 is 5.11 Å². The van der Waals surface area contributed by atoms with Crippen LogP contribution >= 0.6 is 11.3 Å². The van der Waals surface area contributed by atoms with Crippen molar-refractivity contribution in [2.24, 2.45) is 0 Å². The summed E-state index contributed by atoms with van der Waals surface area (Å²) in [5, 5.41) is 11.4. The van der Waals surface area contributed by atoms with Crippen molar-refractivity contribution in [3.8, 4) is 5.75 Å². The molecule has 0 fully saturated rings. The van der Waals surface area contributed by atoms with Gasteiger partial charge in [0.1, 0.15) is 5.75 Å². The summed E-state index contributed by atoms with van der Waals surface area (Å²) in [6.07, 6.45) is 0. The Bertz CT molecular complexity index is 483. The number of hydrogen-bond donors (Lipinski definition) is 2. The molecule has 0 saturated carbocycles. The minimum Gasteiger partial charge on any atom is -0.506 e. The van der Waals surface area contributed by atoms with Gasteiger partial charge in [-0.05, 0) is 18.4 Å². The zero-order valence-corrected chi connectivity index (χ0v) is 7.23. The van der Waals surface area contributed by atoms with Gasteiger partial charge in [-0.2, -0.15) is 0 Å². The van der Waals surface area contributed by atoms with Crippen molar-refractivity contribution in [1.29, 1.82) is 0 Å². The number of thiophene rings is 1. The van der Waals surface area contributed by atoms with Crippen LogP contribution in [0, 0.1) is 6.92 Å². The van der Waals surface area contributed by atoms with E-state index in [0.29, 0.717) is 11.1 Å². The highest BCUT2D eigenvalue weighted by Crippen LogP contribution is 2.28. The van der Waals surface area contributed by atoms with Crippen LogP contribution in [-0.4, -0.2) is 10.1 Å². The summed E-state index contributed by atoms with van der Waals surface area (Å²) in [7, 11) is 0. The number of rotatable bonds is 0. The molecule has 12 heavy (non-hydrogen) atoms. The van der Waals surface area contributed by atoms with Crippen molar-refractivity contribution in [3.05, 3.63) is 27.4 Å². The van der Waals surface area contributed by atoms with Gasteiger partial charge < -0.3 is 10.1 Å². The predicted octanol–water partition coefficient (Wildman–Crippen LogP) is 1.60. The van der Waals surface area contributed by atoms with Crippen molar-refractivity contribution in [1.82, 2.24) is 4.98 Å². The molecule has 0 amide bonds. The van der Waals surface area contributed by atoms with E-state index in [1.807, 2.05) is 5.38 Å². The topological polar surface area (TPSA) is 53.1 Å². The third-order valence-electron chi connectivity index (χ3n) is 1.82. The highest BCUT2D eigenvalue weighted by atomic mass is 32.1. The number of fused-ring (bicyclic) bond motifs is 1. The van der Waals surface area contributed by atoms with E-state index in [1.165, 1.54) is 11.3 Å². The van der Waals surface area contributed by atoms with Crippen LogP contribution in [-0.2, 0) is 0 Å². The first-order valence-corrected chi connectivity index (χ1v) is 4.37. The van der Waals surface area contributed by atoms with Gasteiger partial charge in [0.2, 0.25) is 0 Å². The Morgan fingerprint density at radius 1 is 1.58 bits per heavy atom. The Hall–Kier alpha value is -1.29. The molecule has 2 aromatic heterocycles. The van der Waals surface area contributed by atoms with E-state index < -0.39 is 0 Å². The number of hydrogen-bond acceptors (Lipinski definition) is 3. The molecule has 0 aliphatic carbocycles. The largest absolute Gasteiger partial charge is 0.506 e. The summed E-state index contributed by atoms with van der Waals surface area (Å²) >= 11 is 1.42. The molecule has 0 aromatic carbocycles. The molecule has 2 aromatic rings. The summed E-state index contributed by atoms with van der Waals surface area (Å²) in [5.74, 6) is 0.101. The molecule has 0 saturated heterocycles. The molecular weight excluding hydrogens is 174 g/mol. The van der Waals surface area contributed by atoms with Crippen molar-refractivity contribution in [2.45, 2.75) is 6.92 Å². The quantitative estimate of drug-likeness (QED) is 0.648. The normalized spacial score (nSPS) is 10.8. The van der Waals surface area contributed by atoms with Crippen LogP contribution in [0.2, 0.25) is 0 Å². The second-order valence-corrected chi connectivity index (χ2v) is 3.51. The van der Waals surface area contributed by atoms with Crippen molar-refractivity contribution >= 4 is 21.6 Å². The SMILES string of the molecule is Cc1c(O)c2sccc2[nH]c1=O. The molecule has 4 heteroatoms. The summed E-state index contributed by atoms with van der Waals surface area (Å²) in [6, 6.07) is 1.78. The average molecular weight is 181 g/mol. The number of pyridine rings is 1.